The van der Waals surface area contributed by atoms with Gasteiger partial charge in [-0.1, -0.05) is 73.6 Å². The van der Waals surface area contributed by atoms with Crippen LogP contribution in [0.5, 0.6) is 5.75 Å². The van der Waals surface area contributed by atoms with Gasteiger partial charge >= 0.3 is 0 Å². The van der Waals surface area contributed by atoms with Gasteiger partial charge in [0.15, 0.2) is 0 Å². The molecule has 158 valence electrons. The van der Waals surface area contributed by atoms with E-state index in [1.54, 1.807) is 6.08 Å². The Morgan fingerprint density at radius 3 is 2.55 bits per heavy atom. The van der Waals surface area contributed by atoms with E-state index in [0.29, 0.717) is 22.5 Å². The fourth-order valence-corrected chi connectivity index (χ4v) is 4.10. The predicted molar refractivity (Wildman–Crippen MR) is 123 cm³/mol. The lowest BCUT2D eigenvalue weighted by Crippen LogP contribution is -2.28. The van der Waals surface area contributed by atoms with E-state index in [0.717, 1.165) is 47.5 Å². The largest absolute Gasteiger partial charge is 0.494 e. The number of rotatable bonds is 8. The first-order chi connectivity index (χ1) is 15.1. The molecule has 4 aromatic rings. The molecule has 0 saturated carbocycles. The molecular weight excluding hydrogens is 410 g/mol. The van der Waals surface area contributed by atoms with Crippen LogP contribution in [0, 0.1) is 0 Å². The summed E-state index contributed by atoms with van der Waals surface area (Å²) in [4.78, 5) is 29.6. The minimum absolute atomic E-state index is 0.259. The molecule has 0 aliphatic rings. The van der Waals surface area contributed by atoms with Crippen LogP contribution >= 0.6 is 11.3 Å². The maximum atomic E-state index is 12.8. The molecule has 0 aliphatic heterocycles. The van der Waals surface area contributed by atoms with E-state index in [9.17, 15) is 9.59 Å². The van der Waals surface area contributed by atoms with Crippen molar-refractivity contribution in [2.24, 2.45) is 0 Å². The quantitative estimate of drug-likeness (QED) is 0.399. The van der Waals surface area contributed by atoms with E-state index in [-0.39, 0.29) is 11.3 Å². The second-order valence-corrected chi connectivity index (χ2v) is 8.27. The van der Waals surface area contributed by atoms with Crippen molar-refractivity contribution >= 4 is 22.4 Å². The van der Waals surface area contributed by atoms with Crippen molar-refractivity contribution in [2.45, 2.75) is 32.6 Å². The van der Waals surface area contributed by atoms with Gasteiger partial charge in [-0.25, -0.2) is 0 Å². The third-order valence-electron chi connectivity index (χ3n) is 4.86. The lowest BCUT2D eigenvalue weighted by Gasteiger charge is -2.05. The number of aromatic nitrogens is 3. The van der Waals surface area contributed by atoms with Gasteiger partial charge in [0, 0.05) is 6.42 Å². The zero-order valence-electron chi connectivity index (χ0n) is 17.3. The normalized spacial score (nSPS) is 11.8. The smallest absolute Gasteiger partial charge is 0.296 e. The SMILES string of the molecule is CCCCCOc1ccc(C=c2sc3nc(=O)c(Cc4ccccc4)nn3c2=O)cc1. The number of ether oxygens (including phenoxy) is 1. The second-order valence-electron chi connectivity index (χ2n) is 7.26. The minimum Gasteiger partial charge on any atom is -0.494 e. The first kappa shape index (κ1) is 20.9. The highest BCUT2D eigenvalue weighted by Gasteiger charge is 2.11. The van der Waals surface area contributed by atoms with Gasteiger partial charge in [-0.3, -0.25) is 9.59 Å². The Kier molecular flexibility index (Phi) is 6.52. The van der Waals surface area contributed by atoms with Crippen LogP contribution in [0.2, 0.25) is 0 Å². The third kappa shape index (κ3) is 5.06. The van der Waals surface area contributed by atoms with Crippen LogP contribution < -0.4 is 20.4 Å². The van der Waals surface area contributed by atoms with Crippen molar-refractivity contribution in [3.8, 4) is 5.75 Å². The van der Waals surface area contributed by atoms with E-state index in [2.05, 4.69) is 17.0 Å². The summed E-state index contributed by atoms with van der Waals surface area (Å²) in [6.07, 6.45) is 5.47. The van der Waals surface area contributed by atoms with Crippen LogP contribution in [0.1, 0.15) is 43.0 Å². The zero-order chi connectivity index (χ0) is 21.6. The molecule has 4 rings (SSSR count). The molecule has 0 bridgehead atoms. The zero-order valence-corrected chi connectivity index (χ0v) is 18.1. The van der Waals surface area contributed by atoms with Crippen LogP contribution in [0.4, 0.5) is 0 Å². The number of unbranched alkanes of at least 4 members (excludes halogenated alkanes) is 2. The Bertz CT molecular complexity index is 1330. The van der Waals surface area contributed by atoms with Gasteiger partial charge < -0.3 is 4.74 Å². The van der Waals surface area contributed by atoms with Crippen molar-refractivity contribution in [1.82, 2.24) is 14.6 Å². The Morgan fingerprint density at radius 2 is 1.81 bits per heavy atom. The molecule has 0 fully saturated rings. The van der Waals surface area contributed by atoms with Crippen molar-refractivity contribution in [2.75, 3.05) is 6.61 Å². The number of hydrogen-bond donors (Lipinski definition) is 0. The van der Waals surface area contributed by atoms with Crippen molar-refractivity contribution < 1.29 is 4.74 Å². The topological polar surface area (TPSA) is 73.6 Å². The maximum Gasteiger partial charge on any atom is 0.296 e. The van der Waals surface area contributed by atoms with Gasteiger partial charge in [-0.05, 0) is 35.8 Å². The Labute approximate surface area is 183 Å². The Balaban J connectivity index is 1.59. The average molecular weight is 434 g/mol. The lowest BCUT2D eigenvalue weighted by molar-refractivity contribution is 0.306. The second kappa shape index (κ2) is 9.66. The van der Waals surface area contributed by atoms with Gasteiger partial charge in [-0.2, -0.15) is 14.6 Å². The van der Waals surface area contributed by atoms with Gasteiger partial charge in [0.25, 0.3) is 11.1 Å². The summed E-state index contributed by atoms with van der Waals surface area (Å²) in [5.41, 5.74) is 1.40. The van der Waals surface area contributed by atoms with E-state index in [1.807, 2.05) is 54.6 Å². The van der Waals surface area contributed by atoms with Crippen LogP contribution in [0.3, 0.4) is 0 Å². The van der Waals surface area contributed by atoms with E-state index < -0.39 is 5.56 Å². The van der Waals surface area contributed by atoms with Gasteiger partial charge in [0.05, 0.1) is 11.1 Å². The third-order valence-corrected chi connectivity index (χ3v) is 5.82. The summed E-state index contributed by atoms with van der Waals surface area (Å²) in [6, 6.07) is 17.1. The van der Waals surface area contributed by atoms with E-state index >= 15 is 0 Å². The van der Waals surface area contributed by atoms with Crippen molar-refractivity contribution in [3.05, 3.63) is 96.7 Å². The molecule has 2 aromatic heterocycles. The highest BCUT2D eigenvalue weighted by molar-refractivity contribution is 7.15. The van der Waals surface area contributed by atoms with Crippen molar-refractivity contribution in [1.29, 1.82) is 0 Å². The number of thiazole rings is 1. The monoisotopic (exact) mass is 433 g/mol. The summed E-state index contributed by atoms with van der Waals surface area (Å²) in [6.45, 7) is 2.86. The molecular formula is C24H23N3O3S. The van der Waals surface area contributed by atoms with Crippen LogP contribution in [-0.4, -0.2) is 21.2 Å². The molecule has 0 saturated heterocycles. The van der Waals surface area contributed by atoms with Crippen LogP contribution in [0.15, 0.2) is 64.2 Å². The molecule has 0 aliphatic carbocycles. The standard InChI is InChI=1S/C24H23N3O3S/c1-2-3-7-14-30-19-12-10-18(11-13-19)16-21-23(29)27-24(31-21)25-22(28)20(26-27)15-17-8-5-4-6-9-17/h4-6,8-13,16H,2-3,7,14-15H2,1H3. The molecule has 0 N–H and O–H groups in total. The molecule has 31 heavy (non-hydrogen) atoms. The summed E-state index contributed by atoms with van der Waals surface area (Å²) < 4.78 is 7.43. The summed E-state index contributed by atoms with van der Waals surface area (Å²) in [7, 11) is 0. The van der Waals surface area contributed by atoms with Crippen LogP contribution in [-0.2, 0) is 6.42 Å². The number of benzene rings is 2. The molecule has 0 spiro atoms. The highest BCUT2D eigenvalue weighted by Crippen LogP contribution is 2.13. The predicted octanol–water partition coefficient (Wildman–Crippen LogP) is 3.22. The van der Waals surface area contributed by atoms with Gasteiger partial charge in [0.1, 0.15) is 11.4 Å². The first-order valence-electron chi connectivity index (χ1n) is 10.4. The van der Waals surface area contributed by atoms with E-state index in [1.165, 1.54) is 4.52 Å². The number of nitrogens with zero attached hydrogens (tertiary/aromatic N) is 3. The van der Waals surface area contributed by atoms with Crippen molar-refractivity contribution in [3.63, 3.8) is 0 Å². The Hall–Kier alpha value is -3.32. The first-order valence-corrected chi connectivity index (χ1v) is 11.2. The summed E-state index contributed by atoms with van der Waals surface area (Å²) in [5, 5.41) is 4.29. The molecule has 7 heteroatoms. The minimum atomic E-state index is -0.402. The number of hydrogen-bond acceptors (Lipinski definition) is 6. The van der Waals surface area contributed by atoms with Gasteiger partial charge in [0.2, 0.25) is 4.96 Å². The highest BCUT2D eigenvalue weighted by atomic mass is 32.1. The van der Waals surface area contributed by atoms with E-state index in [4.69, 9.17) is 4.74 Å². The molecule has 0 atom stereocenters. The fraction of sp³-hybridized carbons (Fsp3) is 0.250. The lowest BCUT2D eigenvalue weighted by atomic mass is 10.1. The van der Waals surface area contributed by atoms with Gasteiger partial charge in [-0.15, -0.1) is 0 Å². The average Bonchev–Trinajstić information content (AvgIpc) is 3.07. The Morgan fingerprint density at radius 1 is 1.03 bits per heavy atom. The number of fused-ring (bicyclic) bond motifs is 1. The summed E-state index contributed by atoms with van der Waals surface area (Å²) >= 11 is 1.16. The summed E-state index contributed by atoms with van der Waals surface area (Å²) in [5.74, 6) is 0.811. The molecule has 0 radical (unpaired) electrons. The fourth-order valence-electron chi connectivity index (χ4n) is 3.19. The molecule has 0 unspecified atom stereocenters. The molecule has 0 amide bonds. The molecule has 6 nitrogen and oxygen atoms in total. The van der Waals surface area contributed by atoms with Crippen LogP contribution in [0.25, 0.3) is 11.0 Å². The molecule has 2 aromatic carbocycles. The molecule has 2 heterocycles. The maximum absolute atomic E-state index is 12.8.